The van der Waals surface area contributed by atoms with Crippen LogP contribution in [-0.2, 0) is 16.1 Å². The minimum Gasteiger partial charge on any atom is -0.385 e. The number of primary amides is 1. The number of rotatable bonds is 7. The maximum atomic E-state index is 12.7. The first-order valence-corrected chi connectivity index (χ1v) is 9.33. The van der Waals surface area contributed by atoms with Crippen molar-refractivity contribution in [3.8, 4) is 0 Å². The number of aromatic nitrogens is 2. The standard InChI is InChI=1S/C19H26N4O4S/c1-19(2,3)14(15(20)24)22-16(25)11-6-7-12-13(10-11)21-18(28)23(17(12)26)8-5-9-27-4/h6-7,10,14H,5,8-9H2,1-4H3,(H2,20,24)(H,21,28)(H,22,25)/t14-/m1/s1. The molecule has 1 aromatic carbocycles. The maximum absolute atomic E-state index is 12.7. The number of carbonyl (C=O) groups excluding carboxylic acids is 2. The van der Waals surface area contributed by atoms with Crippen LogP contribution in [0.4, 0.5) is 0 Å². The lowest BCUT2D eigenvalue weighted by Gasteiger charge is -2.28. The van der Waals surface area contributed by atoms with Crippen LogP contribution in [0.15, 0.2) is 23.0 Å². The van der Waals surface area contributed by atoms with Gasteiger partial charge >= 0.3 is 0 Å². The molecule has 28 heavy (non-hydrogen) atoms. The van der Waals surface area contributed by atoms with Crippen molar-refractivity contribution in [1.29, 1.82) is 0 Å². The van der Waals surface area contributed by atoms with E-state index in [4.69, 9.17) is 22.7 Å². The van der Waals surface area contributed by atoms with Crippen molar-refractivity contribution in [2.45, 2.75) is 39.8 Å². The number of amides is 2. The third-order valence-electron chi connectivity index (χ3n) is 4.40. The predicted molar refractivity (Wildman–Crippen MR) is 110 cm³/mol. The minimum absolute atomic E-state index is 0.230. The number of methoxy groups -OCH3 is 1. The monoisotopic (exact) mass is 406 g/mol. The fourth-order valence-electron chi connectivity index (χ4n) is 2.89. The van der Waals surface area contributed by atoms with Gasteiger partial charge in [-0.3, -0.25) is 19.0 Å². The van der Waals surface area contributed by atoms with Crippen LogP contribution in [0.3, 0.4) is 0 Å². The molecule has 9 heteroatoms. The van der Waals surface area contributed by atoms with E-state index in [0.29, 0.717) is 36.0 Å². The molecule has 0 aliphatic carbocycles. The molecule has 0 aliphatic rings. The molecule has 2 aromatic rings. The molecule has 1 aromatic heterocycles. The second-order valence-corrected chi connectivity index (χ2v) is 8.06. The number of hydrogen-bond acceptors (Lipinski definition) is 5. The van der Waals surface area contributed by atoms with Crippen molar-refractivity contribution in [3.05, 3.63) is 38.9 Å². The summed E-state index contributed by atoms with van der Waals surface area (Å²) in [5.74, 6) is -1.07. The van der Waals surface area contributed by atoms with Crippen LogP contribution in [0.2, 0.25) is 0 Å². The van der Waals surface area contributed by atoms with E-state index in [0.717, 1.165) is 0 Å². The van der Waals surface area contributed by atoms with Gasteiger partial charge in [-0.05, 0) is 42.3 Å². The second kappa shape index (κ2) is 8.66. The second-order valence-electron chi connectivity index (χ2n) is 7.67. The van der Waals surface area contributed by atoms with Crippen molar-refractivity contribution in [2.24, 2.45) is 11.1 Å². The molecule has 0 saturated heterocycles. The molecule has 0 saturated carbocycles. The topological polar surface area (TPSA) is 119 Å². The first kappa shape index (κ1) is 21.8. The summed E-state index contributed by atoms with van der Waals surface area (Å²) in [6, 6.07) is 3.82. The normalized spacial score (nSPS) is 12.7. The summed E-state index contributed by atoms with van der Waals surface area (Å²) in [6.45, 7) is 6.39. The van der Waals surface area contributed by atoms with Crippen LogP contribution in [-0.4, -0.2) is 41.1 Å². The van der Waals surface area contributed by atoms with Gasteiger partial charge in [-0.1, -0.05) is 20.8 Å². The van der Waals surface area contributed by atoms with Crippen LogP contribution in [0.1, 0.15) is 37.6 Å². The summed E-state index contributed by atoms with van der Waals surface area (Å²) < 4.78 is 6.75. The van der Waals surface area contributed by atoms with Crippen LogP contribution < -0.4 is 16.6 Å². The van der Waals surface area contributed by atoms with Crippen LogP contribution in [0.5, 0.6) is 0 Å². The Balaban J connectivity index is 2.37. The molecular formula is C19H26N4O4S. The molecule has 2 amide bonds. The molecule has 1 heterocycles. The van der Waals surface area contributed by atoms with Crippen molar-refractivity contribution < 1.29 is 14.3 Å². The fourth-order valence-corrected chi connectivity index (χ4v) is 3.18. The number of H-pyrrole nitrogens is 1. The van der Waals surface area contributed by atoms with Gasteiger partial charge in [-0.15, -0.1) is 0 Å². The average Bonchev–Trinajstić information content (AvgIpc) is 2.60. The number of hydrogen-bond donors (Lipinski definition) is 3. The Morgan fingerprint density at radius 2 is 2.04 bits per heavy atom. The van der Waals surface area contributed by atoms with E-state index in [9.17, 15) is 14.4 Å². The van der Waals surface area contributed by atoms with E-state index >= 15 is 0 Å². The Bertz CT molecular complexity index is 1000. The maximum Gasteiger partial charge on any atom is 0.262 e. The van der Waals surface area contributed by atoms with Gasteiger partial charge in [0.05, 0.1) is 10.9 Å². The lowest BCUT2D eigenvalue weighted by molar-refractivity contribution is -0.122. The highest BCUT2D eigenvalue weighted by atomic mass is 32.1. The molecular weight excluding hydrogens is 380 g/mol. The van der Waals surface area contributed by atoms with Crippen molar-refractivity contribution in [2.75, 3.05) is 13.7 Å². The molecule has 152 valence electrons. The van der Waals surface area contributed by atoms with Crippen molar-refractivity contribution >= 4 is 34.9 Å². The van der Waals surface area contributed by atoms with E-state index in [2.05, 4.69) is 10.3 Å². The highest BCUT2D eigenvalue weighted by Crippen LogP contribution is 2.20. The zero-order valence-corrected chi connectivity index (χ0v) is 17.3. The van der Waals surface area contributed by atoms with E-state index in [1.165, 1.54) is 10.6 Å². The predicted octanol–water partition coefficient (Wildman–Crippen LogP) is 1.73. The number of carbonyl (C=O) groups is 2. The molecule has 4 N–H and O–H groups in total. The smallest absolute Gasteiger partial charge is 0.262 e. The van der Waals surface area contributed by atoms with Gasteiger partial charge < -0.3 is 20.8 Å². The summed E-state index contributed by atoms with van der Waals surface area (Å²) in [6.07, 6.45) is 0.654. The number of nitrogens with one attached hydrogen (secondary N) is 2. The van der Waals surface area contributed by atoms with Gasteiger partial charge in [0, 0.05) is 25.8 Å². The van der Waals surface area contributed by atoms with Gasteiger partial charge in [0.25, 0.3) is 11.5 Å². The molecule has 0 spiro atoms. The summed E-state index contributed by atoms with van der Waals surface area (Å²) in [4.78, 5) is 40.0. The van der Waals surface area contributed by atoms with Gasteiger partial charge in [-0.2, -0.15) is 0 Å². The molecule has 0 fully saturated rings. The summed E-state index contributed by atoms with van der Waals surface area (Å²) >= 11 is 5.28. The zero-order valence-electron chi connectivity index (χ0n) is 16.5. The van der Waals surface area contributed by atoms with E-state index < -0.39 is 23.3 Å². The molecule has 8 nitrogen and oxygen atoms in total. The summed E-state index contributed by atoms with van der Waals surface area (Å²) in [5.41, 5.74) is 5.41. The fraction of sp³-hybridized carbons (Fsp3) is 0.474. The Hall–Kier alpha value is -2.52. The lowest BCUT2D eigenvalue weighted by atomic mass is 9.86. The molecule has 1 atom stereocenters. The largest absolute Gasteiger partial charge is 0.385 e. The summed E-state index contributed by atoms with van der Waals surface area (Å²) in [7, 11) is 1.60. The third-order valence-corrected chi connectivity index (χ3v) is 4.72. The van der Waals surface area contributed by atoms with Crippen LogP contribution in [0, 0.1) is 10.2 Å². The number of nitrogens with zero attached hydrogens (tertiary/aromatic N) is 1. The van der Waals surface area contributed by atoms with Crippen molar-refractivity contribution in [3.63, 3.8) is 0 Å². The SMILES string of the molecule is COCCCn1c(=S)[nH]c2cc(C(=O)N[C@H](C(N)=O)C(C)(C)C)ccc2c1=O. The van der Waals surface area contributed by atoms with Crippen LogP contribution >= 0.6 is 12.2 Å². The Labute approximate surface area is 168 Å². The summed E-state index contributed by atoms with van der Waals surface area (Å²) in [5, 5.41) is 3.08. The molecule has 2 rings (SSSR count). The lowest BCUT2D eigenvalue weighted by Crippen LogP contribution is -2.52. The number of benzene rings is 1. The number of nitrogens with two attached hydrogens (primary N) is 1. The first-order valence-electron chi connectivity index (χ1n) is 8.92. The van der Waals surface area contributed by atoms with Crippen LogP contribution in [0.25, 0.3) is 10.9 Å². The van der Waals surface area contributed by atoms with Gasteiger partial charge in [0.2, 0.25) is 5.91 Å². The first-order chi connectivity index (χ1) is 13.1. The number of ether oxygens (including phenoxy) is 1. The molecule has 0 radical (unpaired) electrons. The highest BCUT2D eigenvalue weighted by molar-refractivity contribution is 7.71. The van der Waals surface area contributed by atoms with E-state index in [-0.39, 0.29) is 10.3 Å². The zero-order chi connectivity index (χ0) is 21.1. The highest BCUT2D eigenvalue weighted by Gasteiger charge is 2.31. The van der Waals surface area contributed by atoms with Crippen molar-refractivity contribution in [1.82, 2.24) is 14.9 Å². The Morgan fingerprint density at radius 3 is 2.61 bits per heavy atom. The molecule has 0 aliphatic heterocycles. The minimum atomic E-state index is -0.831. The molecule has 0 unspecified atom stereocenters. The van der Waals surface area contributed by atoms with Gasteiger partial charge in [-0.25, -0.2) is 0 Å². The van der Waals surface area contributed by atoms with Gasteiger partial charge in [0.1, 0.15) is 6.04 Å². The van der Waals surface area contributed by atoms with E-state index in [1.54, 1.807) is 19.2 Å². The van der Waals surface area contributed by atoms with Gasteiger partial charge in [0.15, 0.2) is 4.77 Å². The Kier molecular flexibility index (Phi) is 6.73. The number of aromatic amines is 1. The van der Waals surface area contributed by atoms with E-state index in [1.807, 2.05) is 20.8 Å². The molecule has 0 bridgehead atoms. The Morgan fingerprint density at radius 1 is 1.36 bits per heavy atom. The number of fused-ring (bicyclic) bond motifs is 1. The third kappa shape index (κ3) is 4.85. The average molecular weight is 407 g/mol. The quantitative estimate of drug-likeness (QED) is 0.478.